The van der Waals surface area contributed by atoms with Crippen LogP contribution in [0.4, 0.5) is 14.5 Å². The Kier molecular flexibility index (Phi) is 4.14. The van der Waals surface area contributed by atoms with Gasteiger partial charge in [0, 0.05) is 22.3 Å². The minimum absolute atomic E-state index is 0.0358. The van der Waals surface area contributed by atoms with Crippen molar-refractivity contribution in [3.63, 3.8) is 0 Å². The highest BCUT2D eigenvalue weighted by molar-refractivity contribution is 6.30. The number of carbonyl (C=O) groups excluding carboxylic acids is 1. The lowest BCUT2D eigenvalue weighted by molar-refractivity contribution is -0.122. The third kappa shape index (κ3) is 3.13. The molecule has 1 amide bonds. The number of nitrogens with two attached hydrogens (primary N) is 1. The van der Waals surface area contributed by atoms with Crippen molar-refractivity contribution in [1.29, 1.82) is 0 Å². The van der Waals surface area contributed by atoms with E-state index in [0.717, 1.165) is 6.07 Å². The Balaban J connectivity index is 2.45. The summed E-state index contributed by atoms with van der Waals surface area (Å²) in [6, 6.07) is 9.47. The van der Waals surface area contributed by atoms with Crippen LogP contribution in [0.15, 0.2) is 42.5 Å². The van der Waals surface area contributed by atoms with Crippen LogP contribution in [0.5, 0.6) is 0 Å². The molecule has 0 spiro atoms. The van der Waals surface area contributed by atoms with Gasteiger partial charge in [-0.15, -0.1) is 0 Å². The summed E-state index contributed by atoms with van der Waals surface area (Å²) >= 11 is 5.78. The monoisotopic (exact) mass is 310 g/mol. The quantitative estimate of drug-likeness (QED) is 0.909. The Morgan fingerprint density at radius 2 is 1.81 bits per heavy atom. The van der Waals surface area contributed by atoms with Crippen molar-refractivity contribution >= 4 is 23.2 Å². The first-order valence-corrected chi connectivity index (χ1v) is 6.50. The number of primary amides is 1. The van der Waals surface area contributed by atoms with Crippen molar-refractivity contribution < 1.29 is 13.6 Å². The molecule has 21 heavy (non-hydrogen) atoms. The van der Waals surface area contributed by atoms with Crippen molar-refractivity contribution in [2.24, 2.45) is 5.73 Å². The zero-order valence-corrected chi connectivity index (χ0v) is 11.9. The highest BCUT2D eigenvalue weighted by Gasteiger charge is 2.35. The molecule has 2 rings (SSSR count). The van der Waals surface area contributed by atoms with Gasteiger partial charge in [-0.3, -0.25) is 4.79 Å². The van der Waals surface area contributed by atoms with E-state index in [-0.39, 0.29) is 5.56 Å². The molecule has 0 saturated heterocycles. The number of amides is 1. The first kappa shape index (κ1) is 15.3. The molecule has 0 aromatic heterocycles. The number of hydrogen-bond donors (Lipinski definition) is 2. The van der Waals surface area contributed by atoms with Gasteiger partial charge in [-0.1, -0.05) is 17.7 Å². The Bertz CT molecular complexity index is 676. The summed E-state index contributed by atoms with van der Waals surface area (Å²) in [7, 11) is 0. The minimum atomic E-state index is -1.52. The van der Waals surface area contributed by atoms with Crippen LogP contribution in [-0.4, -0.2) is 5.91 Å². The molecule has 0 saturated carbocycles. The van der Waals surface area contributed by atoms with Crippen molar-refractivity contribution in [3.05, 3.63) is 64.7 Å². The fraction of sp³-hybridized carbons (Fsp3) is 0.133. The number of rotatable bonds is 4. The molecule has 0 bridgehead atoms. The first-order valence-electron chi connectivity index (χ1n) is 6.12. The van der Waals surface area contributed by atoms with Gasteiger partial charge in [-0.25, -0.2) is 8.78 Å². The Hall–Kier alpha value is -2.14. The van der Waals surface area contributed by atoms with E-state index in [9.17, 15) is 13.6 Å². The van der Waals surface area contributed by atoms with Crippen LogP contribution in [0.2, 0.25) is 5.02 Å². The lowest BCUT2D eigenvalue weighted by Crippen LogP contribution is -2.45. The van der Waals surface area contributed by atoms with Gasteiger partial charge in [0.1, 0.15) is 17.2 Å². The lowest BCUT2D eigenvalue weighted by atomic mass is 9.90. The van der Waals surface area contributed by atoms with Crippen molar-refractivity contribution in [2.75, 3.05) is 5.32 Å². The molecule has 110 valence electrons. The second kappa shape index (κ2) is 5.69. The number of nitrogens with one attached hydrogen (secondary N) is 1. The molecular weight excluding hydrogens is 298 g/mol. The van der Waals surface area contributed by atoms with Gasteiger partial charge in [0.2, 0.25) is 5.91 Å². The van der Waals surface area contributed by atoms with Crippen LogP contribution in [-0.2, 0) is 10.3 Å². The van der Waals surface area contributed by atoms with Crippen LogP contribution < -0.4 is 11.1 Å². The number of benzene rings is 2. The van der Waals surface area contributed by atoms with E-state index in [4.69, 9.17) is 17.3 Å². The first-order chi connectivity index (χ1) is 9.83. The van der Waals surface area contributed by atoms with Gasteiger partial charge in [0.15, 0.2) is 0 Å². The standard InChI is InChI=1S/C15H13ClF2N2O/c1-15(14(19)21,12-7-4-10(17)8-13(12)18)20-11-5-2-9(16)3-6-11/h2-8,20H,1H3,(H2,19,21). The predicted molar refractivity (Wildman–Crippen MR) is 78.0 cm³/mol. The van der Waals surface area contributed by atoms with E-state index in [2.05, 4.69) is 5.32 Å². The molecule has 0 heterocycles. The molecule has 2 aromatic carbocycles. The predicted octanol–water partition coefficient (Wildman–Crippen LogP) is 3.43. The van der Waals surface area contributed by atoms with E-state index >= 15 is 0 Å². The van der Waals surface area contributed by atoms with Crippen LogP contribution in [0.3, 0.4) is 0 Å². The molecule has 0 radical (unpaired) electrons. The maximum Gasteiger partial charge on any atom is 0.247 e. The molecule has 6 heteroatoms. The molecule has 1 atom stereocenters. The summed E-state index contributed by atoms with van der Waals surface area (Å²) in [5.74, 6) is -2.37. The van der Waals surface area contributed by atoms with Gasteiger partial charge >= 0.3 is 0 Å². The Morgan fingerprint density at radius 3 is 2.33 bits per heavy atom. The van der Waals surface area contributed by atoms with Crippen molar-refractivity contribution in [2.45, 2.75) is 12.5 Å². The van der Waals surface area contributed by atoms with Crippen LogP contribution in [0.1, 0.15) is 12.5 Å². The summed E-state index contributed by atoms with van der Waals surface area (Å²) < 4.78 is 27.0. The number of anilines is 1. The summed E-state index contributed by atoms with van der Waals surface area (Å²) in [5, 5.41) is 3.39. The van der Waals surface area contributed by atoms with Gasteiger partial charge < -0.3 is 11.1 Å². The topological polar surface area (TPSA) is 55.1 Å². The maximum atomic E-state index is 14.0. The summed E-state index contributed by atoms with van der Waals surface area (Å²) in [4.78, 5) is 11.8. The minimum Gasteiger partial charge on any atom is -0.368 e. The molecule has 3 nitrogen and oxygen atoms in total. The van der Waals surface area contributed by atoms with Crippen LogP contribution in [0.25, 0.3) is 0 Å². The number of hydrogen-bond acceptors (Lipinski definition) is 2. The summed E-state index contributed by atoms with van der Waals surface area (Å²) in [5.41, 5.74) is 4.37. The van der Waals surface area contributed by atoms with E-state index in [1.165, 1.54) is 13.0 Å². The zero-order chi connectivity index (χ0) is 15.6. The molecular formula is C15H13ClF2N2O. The highest BCUT2D eigenvalue weighted by Crippen LogP contribution is 2.29. The Morgan fingerprint density at radius 1 is 1.19 bits per heavy atom. The van der Waals surface area contributed by atoms with E-state index in [1.807, 2.05) is 0 Å². The second-order valence-corrected chi connectivity index (χ2v) is 5.18. The van der Waals surface area contributed by atoms with Crippen molar-refractivity contribution in [3.8, 4) is 0 Å². The van der Waals surface area contributed by atoms with E-state index < -0.39 is 23.1 Å². The highest BCUT2D eigenvalue weighted by atomic mass is 35.5. The normalized spacial score (nSPS) is 13.5. The third-order valence-corrected chi connectivity index (χ3v) is 3.45. The van der Waals surface area contributed by atoms with Crippen LogP contribution >= 0.6 is 11.6 Å². The van der Waals surface area contributed by atoms with Gasteiger partial charge in [0.25, 0.3) is 0 Å². The molecule has 0 aliphatic heterocycles. The molecule has 0 aliphatic carbocycles. The third-order valence-electron chi connectivity index (χ3n) is 3.20. The van der Waals surface area contributed by atoms with Gasteiger partial charge in [0.05, 0.1) is 0 Å². The van der Waals surface area contributed by atoms with Crippen molar-refractivity contribution in [1.82, 2.24) is 0 Å². The Labute approximate surface area is 125 Å². The molecule has 0 fully saturated rings. The zero-order valence-electron chi connectivity index (χ0n) is 11.2. The maximum absolute atomic E-state index is 14.0. The lowest BCUT2D eigenvalue weighted by Gasteiger charge is -2.29. The SMILES string of the molecule is CC(Nc1ccc(Cl)cc1)(C(N)=O)c1ccc(F)cc1F. The number of halogens is 3. The number of carbonyl (C=O) groups is 1. The molecule has 0 aliphatic rings. The van der Waals surface area contributed by atoms with Gasteiger partial charge in [-0.2, -0.15) is 0 Å². The average Bonchev–Trinajstić information content (AvgIpc) is 2.41. The van der Waals surface area contributed by atoms with E-state index in [0.29, 0.717) is 16.8 Å². The molecule has 3 N–H and O–H groups in total. The second-order valence-electron chi connectivity index (χ2n) is 4.75. The fourth-order valence-electron chi connectivity index (χ4n) is 1.98. The van der Waals surface area contributed by atoms with Crippen LogP contribution in [0, 0.1) is 11.6 Å². The smallest absolute Gasteiger partial charge is 0.247 e. The van der Waals surface area contributed by atoms with E-state index in [1.54, 1.807) is 24.3 Å². The average molecular weight is 311 g/mol. The molecule has 1 unspecified atom stereocenters. The largest absolute Gasteiger partial charge is 0.368 e. The van der Waals surface area contributed by atoms with Gasteiger partial charge in [-0.05, 0) is 37.3 Å². The summed E-state index contributed by atoms with van der Waals surface area (Å²) in [6.07, 6.45) is 0. The summed E-state index contributed by atoms with van der Waals surface area (Å²) in [6.45, 7) is 1.43. The molecule has 2 aromatic rings. The fourth-order valence-corrected chi connectivity index (χ4v) is 2.10.